The summed E-state index contributed by atoms with van der Waals surface area (Å²) in [5, 5.41) is 7.57. The van der Waals surface area contributed by atoms with Crippen molar-refractivity contribution in [1.82, 2.24) is 9.97 Å². The standard InChI is InChI=1S/C13H21N5/c1-9-4-3-5-10(8-9)18(2)13-11(12(14)15)16-6-7-17-13/h6-7,9-10H,3-5,8H2,1-2H3,(H3,14,15). The lowest BCUT2D eigenvalue weighted by Crippen LogP contribution is -2.37. The molecular weight excluding hydrogens is 226 g/mol. The number of nitrogen functional groups attached to an aromatic ring is 1. The highest BCUT2D eigenvalue weighted by atomic mass is 15.2. The summed E-state index contributed by atoms with van der Waals surface area (Å²) in [7, 11) is 2.03. The zero-order valence-corrected chi connectivity index (χ0v) is 11.1. The molecule has 0 radical (unpaired) electrons. The molecule has 1 aliphatic carbocycles. The largest absolute Gasteiger partial charge is 0.382 e. The molecule has 2 atom stereocenters. The monoisotopic (exact) mass is 247 g/mol. The third-order valence-corrected chi connectivity index (χ3v) is 3.72. The van der Waals surface area contributed by atoms with Crippen LogP contribution in [-0.4, -0.2) is 28.9 Å². The Bertz CT molecular complexity index is 431. The maximum atomic E-state index is 7.57. The van der Waals surface area contributed by atoms with Crippen molar-refractivity contribution in [3.63, 3.8) is 0 Å². The number of amidine groups is 1. The summed E-state index contributed by atoms with van der Waals surface area (Å²) in [5.41, 5.74) is 6.05. The predicted octanol–water partition coefficient (Wildman–Crippen LogP) is 1.78. The Hall–Kier alpha value is -1.65. The molecule has 5 heteroatoms. The third-order valence-electron chi connectivity index (χ3n) is 3.72. The summed E-state index contributed by atoms with van der Waals surface area (Å²) >= 11 is 0. The molecule has 1 aromatic rings. The van der Waals surface area contributed by atoms with Crippen LogP contribution >= 0.6 is 0 Å². The molecule has 98 valence electrons. The number of anilines is 1. The van der Waals surface area contributed by atoms with Crippen molar-refractivity contribution in [1.29, 1.82) is 5.41 Å². The first-order chi connectivity index (χ1) is 8.59. The zero-order chi connectivity index (χ0) is 13.1. The highest BCUT2D eigenvalue weighted by molar-refractivity contribution is 5.97. The van der Waals surface area contributed by atoms with Gasteiger partial charge in [0.05, 0.1) is 0 Å². The molecule has 1 heterocycles. The van der Waals surface area contributed by atoms with E-state index in [1.165, 1.54) is 25.7 Å². The number of nitrogens with one attached hydrogen (secondary N) is 1. The minimum absolute atomic E-state index is 0.0196. The molecule has 1 saturated carbocycles. The summed E-state index contributed by atoms with van der Waals surface area (Å²) in [6, 6.07) is 0.476. The number of nitrogens with two attached hydrogens (primary N) is 1. The van der Waals surface area contributed by atoms with E-state index in [4.69, 9.17) is 11.1 Å². The van der Waals surface area contributed by atoms with Crippen LogP contribution in [0.25, 0.3) is 0 Å². The van der Waals surface area contributed by atoms with E-state index in [0.29, 0.717) is 11.7 Å². The Morgan fingerprint density at radius 2 is 2.11 bits per heavy atom. The molecule has 5 nitrogen and oxygen atoms in total. The number of hydrogen-bond donors (Lipinski definition) is 2. The minimum Gasteiger partial charge on any atom is -0.382 e. The van der Waals surface area contributed by atoms with Crippen LogP contribution in [0.2, 0.25) is 0 Å². The molecular formula is C13H21N5. The van der Waals surface area contributed by atoms with E-state index in [2.05, 4.69) is 21.8 Å². The number of hydrogen-bond acceptors (Lipinski definition) is 4. The minimum atomic E-state index is -0.0196. The lowest BCUT2D eigenvalue weighted by molar-refractivity contribution is 0.335. The summed E-state index contributed by atoms with van der Waals surface area (Å²) in [5.74, 6) is 1.46. The quantitative estimate of drug-likeness (QED) is 0.630. The fraction of sp³-hybridized carbons (Fsp3) is 0.615. The molecule has 0 aromatic carbocycles. The van der Waals surface area contributed by atoms with Crippen molar-refractivity contribution in [2.45, 2.75) is 38.6 Å². The highest BCUT2D eigenvalue weighted by Gasteiger charge is 2.25. The topological polar surface area (TPSA) is 78.9 Å². The van der Waals surface area contributed by atoms with E-state index in [-0.39, 0.29) is 5.84 Å². The summed E-state index contributed by atoms with van der Waals surface area (Å²) in [6.07, 6.45) is 8.15. The van der Waals surface area contributed by atoms with Gasteiger partial charge in [0, 0.05) is 25.5 Å². The van der Waals surface area contributed by atoms with Crippen LogP contribution in [0.4, 0.5) is 5.82 Å². The van der Waals surface area contributed by atoms with Gasteiger partial charge in [0.15, 0.2) is 5.82 Å². The molecule has 0 spiro atoms. The predicted molar refractivity (Wildman–Crippen MR) is 72.9 cm³/mol. The molecule has 3 N–H and O–H groups in total. The van der Waals surface area contributed by atoms with Crippen molar-refractivity contribution < 1.29 is 0 Å². The lowest BCUT2D eigenvalue weighted by atomic mass is 9.86. The van der Waals surface area contributed by atoms with Crippen LogP contribution in [0.3, 0.4) is 0 Å². The van der Waals surface area contributed by atoms with Crippen LogP contribution in [-0.2, 0) is 0 Å². The smallest absolute Gasteiger partial charge is 0.158 e. The normalized spacial score (nSPS) is 23.7. The fourth-order valence-corrected chi connectivity index (χ4v) is 2.71. The first kappa shape index (κ1) is 12.8. The van der Waals surface area contributed by atoms with Crippen molar-refractivity contribution in [2.75, 3.05) is 11.9 Å². The third kappa shape index (κ3) is 2.60. The van der Waals surface area contributed by atoms with E-state index in [0.717, 1.165) is 11.7 Å². The van der Waals surface area contributed by atoms with Gasteiger partial charge in [0.25, 0.3) is 0 Å². The second-order valence-corrected chi connectivity index (χ2v) is 5.18. The van der Waals surface area contributed by atoms with Gasteiger partial charge in [-0.3, -0.25) is 5.41 Å². The van der Waals surface area contributed by atoms with Crippen LogP contribution < -0.4 is 10.6 Å². The van der Waals surface area contributed by atoms with Crippen LogP contribution in [0, 0.1) is 11.3 Å². The van der Waals surface area contributed by atoms with Crippen molar-refractivity contribution >= 4 is 11.7 Å². The van der Waals surface area contributed by atoms with Crippen LogP contribution in [0.5, 0.6) is 0 Å². The summed E-state index contributed by atoms with van der Waals surface area (Å²) < 4.78 is 0. The Labute approximate surface area is 108 Å². The molecule has 0 bridgehead atoms. The molecule has 0 aliphatic heterocycles. The van der Waals surface area contributed by atoms with Crippen molar-refractivity contribution in [3.05, 3.63) is 18.1 Å². The Morgan fingerprint density at radius 1 is 1.39 bits per heavy atom. The first-order valence-electron chi connectivity index (χ1n) is 6.47. The van der Waals surface area contributed by atoms with Gasteiger partial charge in [-0.05, 0) is 18.8 Å². The molecule has 18 heavy (non-hydrogen) atoms. The van der Waals surface area contributed by atoms with Gasteiger partial charge >= 0.3 is 0 Å². The number of nitrogens with zero attached hydrogens (tertiary/aromatic N) is 3. The van der Waals surface area contributed by atoms with E-state index >= 15 is 0 Å². The highest BCUT2D eigenvalue weighted by Crippen LogP contribution is 2.29. The zero-order valence-electron chi connectivity index (χ0n) is 11.1. The lowest BCUT2D eigenvalue weighted by Gasteiger charge is -2.35. The maximum Gasteiger partial charge on any atom is 0.158 e. The molecule has 2 rings (SSSR count). The van der Waals surface area contributed by atoms with E-state index < -0.39 is 0 Å². The Balaban J connectivity index is 2.22. The van der Waals surface area contributed by atoms with Gasteiger partial charge in [-0.15, -0.1) is 0 Å². The van der Waals surface area contributed by atoms with Crippen LogP contribution in [0.1, 0.15) is 38.3 Å². The van der Waals surface area contributed by atoms with Gasteiger partial charge in [-0.2, -0.15) is 0 Å². The number of aromatic nitrogens is 2. The van der Waals surface area contributed by atoms with E-state index in [1.54, 1.807) is 12.4 Å². The van der Waals surface area contributed by atoms with Gasteiger partial charge < -0.3 is 10.6 Å². The Morgan fingerprint density at radius 3 is 2.78 bits per heavy atom. The average molecular weight is 247 g/mol. The SMILES string of the molecule is CC1CCCC(N(C)c2nccnc2C(=N)N)C1. The first-order valence-corrected chi connectivity index (χ1v) is 6.47. The van der Waals surface area contributed by atoms with Gasteiger partial charge in [0.2, 0.25) is 0 Å². The maximum absolute atomic E-state index is 7.57. The van der Waals surface area contributed by atoms with Crippen molar-refractivity contribution in [3.8, 4) is 0 Å². The number of rotatable bonds is 3. The van der Waals surface area contributed by atoms with Gasteiger partial charge in [-0.1, -0.05) is 19.8 Å². The molecule has 0 saturated heterocycles. The summed E-state index contributed by atoms with van der Waals surface area (Å²) in [4.78, 5) is 10.6. The second-order valence-electron chi connectivity index (χ2n) is 5.18. The molecule has 1 aromatic heterocycles. The van der Waals surface area contributed by atoms with E-state index in [1.807, 2.05) is 7.05 Å². The van der Waals surface area contributed by atoms with Gasteiger partial charge in [-0.25, -0.2) is 9.97 Å². The van der Waals surface area contributed by atoms with E-state index in [9.17, 15) is 0 Å². The molecule has 2 unspecified atom stereocenters. The molecule has 1 fully saturated rings. The molecule has 0 amide bonds. The molecule has 1 aliphatic rings. The summed E-state index contributed by atoms with van der Waals surface area (Å²) in [6.45, 7) is 2.29. The second kappa shape index (κ2) is 5.33. The fourth-order valence-electron chi connectivity index (χ4n) is 2.71. The Kier molecular flexibility index (Phi) is 3.79. The van der Waals surface area contributed by atoms with Gasteiger partial charge in [0.1, 0.15) is 11.5 Å². The van der Waals surface area contributed by atoms with Crippen LogP contribution in [0.15, 0.2) is 12.4 Å². The van der Waals surface area contributed by atoms with Crippen molar-refractivity contribution in [2.24, 2.45) is 11.7 Å². The average Bonchev–Trinajstić information content (AvgIpc) is 2.38.